The lowest BCUT2D eigenvalue weighted by molar-refractivity contribution is -0.926. The van der Waals surface area contributed by atoms with E-state index < -0.39 is 0 Å². The monoisotopic (exact) mass is 808 g/mol. The van der Waals surface area contributed by atoms with Gasteiger partial charge in [-0.2, -0.15) is 0 Å². The van der Waals surface area contributed by atoms with E-state index >= 15 is 0 Å². The maximum absolute atomic E-state index is 12.9. The summed E-state index contributed by atoms with van der Waals surface area (Å²) in [6, 6.07) is 0. The van der Waals surface area contributed by atoms with Gasteiger partial charge >= 0.3 is 11.9 Å². The van der Waals surface area contributed by atoms with Crippen LogP contribution in [0.25, 0.3) is 0 Å². The summed E-state index contributed by atoms with van der Waals surface area (Å²) in [5, 5.41) is 0. The van der Waals surface area contributed by atoms with Crippen molar-refractivity contribution in [1.29, 1.82) is 0 Å². The third-order valence-corrected chi connectivity index (χ3v) is 11.0. The Balaban J connectivity index is 0.0000110. The molecule has 2 saturated heterocycles. The first-order valence-electron chi connectivity index (χ1n) is 20.5. The van der Waals surface area contributed by atoms with Crippen LogP contribution in [0.3, 0.4) is 0 Å². The number of likely N-dealkylation sites (tertiary alicyclic amines) is 2. The molecule has 0 atom stereocenters. The standard InChI is InChI=1S/C40H78N2O4.2BrH/c1-3-5-7-9-11-13-15-17-19-23-29-41(31-25-21-26-32-41)37-39(43)45-35-36-46-40(44)38-42(33-27-22-28-34-42)30-24-20-18-16-14-12-10-8-6-4-2;;/h3-38H2,1-2H3;2*1H/q+2;;/p-2. The summed E-state index contributed by atoms with van der Waals surface area (Å²) in [5.74, 6) is -0.240. The lowest BCUT2D eigenvalue weighted by Gasteiger charge is -2.41. The fraction of sp³-hybridized carbons (Fsp3) is 0.950. The maximum atomic E-state index is 12.9. The van der Waals surface area contributed by atoms with Gasteiger partial charge in [0, 0.05) is 0 Å². The van der Waals surface area contributed by atoms with Gasteiger partial charge in [0.25, 0.3) is 0 Å². The van der Waals surface area contributed by atoms with E-state index in [1.54, 1.807) is 0 Å². The number of hydrogen-bond acceptors (Lipinski definition) is 4. The Morgan fingerprint density at radius 1 is 0.417 bits per heavy atom. The van der Waals surface area contributed by atoms with E-state index in [0.29, 0.717) is 13.1 Å². The van der Waals surface area contributed by atoms with Crippen molar-refractivity contribution in [3.63, 3.8) is 0 Å². The van der Waals surface area contributed by atoms with Crippen molar-refractivity contribution in [1.82, 2.24) is 0 Å². The predicted molar refractivity (Wildman–Crippen MR) is 193 cm³/mol. The molecule has 0 aromatic carbocycles. The van der Waals surface area contributed by atoms with Gasteiger partial charge in [-0.05, 0) is 64.2 Å². The molecule has 0 unspecified atom stereocenters. The van der Waals surface area contributed by atoms with Crippen LogP contribution in [0.4, 0.5) is 0 Å². The number of piperidine rings is 2. The maximum Gasteiger partial charge on any atom is 0.361 e. The summed E-state index contributed by atoms with van der Waals surface area (Å²) < 4.78 is 13.1. The molecule has 0 bridgehead atoms. The van der Waals surface area contributed by atoms with E-state index in [2.05, 4.69) is 13.8 Å². The summed E-state index contributed by atoms with van der Waals surface area (Å²) in [4.78, 5) is 25.8. The van der Waals surface area contributed by atoms with Gasteiger partial charge < -0.3 is 52.4 Å². The highest BCUT2D eigenvalue weighted by Gasteiger charge is 2.34. The fourth-order valence-corrected chi connectivity index (χ4v) is 8.11. The smallest absolute Gasteiger partial charge is 0.361 e. The summed E-state index contributed by atoms with van der Waals surface area (Å²) in [5.41, 5.74) is 0. The zero-order valence-corrected chi connectivity index (χ0v) is 34.9. The van der Waals surface area contributed by atoms with Crippen molar-refractivity contribution < 1.29 is 62.0 Å². The molecule has 2 aliphatic heterocycles. The van der Waals surface area contributed by atoms with Crippen molar-refractivity contribution in [3.8, 4) is 0 Å². The molecule has 0 amide bonds. The summed E-state index contributed by atoms with van der Waals surface area (Å²) in [6.07, 6.45) is 34.2. The second-order valence-corrected chi connectivity index (χ2v) is 15.3. The first-order valence-corrected chi connectivity index (χ1v) is 20.5. The molecule has 0 aromatic rings. The summed E-state index contributed by atoms with van der Waals surface area (Å²) in [6.45, 7) is 12.5. The van der Waals surface area contributed by atoms with Gasteiger partial charge in [0.2, 0.25) is 0 Å². The highest BCUT2D eigenvalue weighted by atomic mass is 79.9. The third-order valence-electron chi connectivity index (χ3n) is 11.0. The van der Waals surface area contributed by atoms with Crippen LogP contribution >= 0.6 is 0 Å². The number of unbranched alkanes of at least 4 members (excludes halogenated alkanes) is 18. The van der Waals surface area contributed by atoms with Gasteiger partial charge in [-0.25, -0.2) is 9.59 Å². The number of carbonyl (C=O) groups is 2. The minimum absolute atomic E-state index is 0. The molecule has 0 saturated carbocycles. The van der Waals surface area contributed by atoms with Crippen LogP contribution in [0.2, 0.25) is 0 Å². The van der Waals surface area contributed by atoms with Gasteiger partial charge in [-0.15, -0.1) is 0 Å². The van der Waals surface area contributed by atoms with Crippen LogP contribution in [0, 0.1) is 0 Å². The first-order chi connectivity index (χ1) is 22.5. The fourth-order valence-electron chi connectivity index (χ4n) is 8.11. The predicted octanol–water partition coefficient (Wildman–Crippen LogP) is 3.92. The Morgan fingerprint density at radius 3 is 0.979 bits per heavy atom. The second kappa shape index (κ2) is 31.5. The Morgan fingerprint density at radius 2 is 0.688 bits per heavy atom. The SMILES string of the molecule is CCCCCCCCCCCC[N+]1(CC(=O)OCCOC(=O)C[N+]2(CCCCCCCCCCCC)CCCCC2)CCCCC1.[Br-].[Br-]. The average Bonchev–Trinajstić information content (AvgIpc) is 3.06. The number of esters is 2. The van der Waals surface area contributed by atoms with Crippen LogP contribution < -0.4 is 34.0 Å². The van der Waals surface area contributed by atoms with Crippen molar-refractivity contribution in [2.75, 3.05) is 65.6 Å². The molecular weight excluding hydrogens is 732 g/mol. The minimum atomic E-state index is -0.120. The highest BCUT2D eigenvalue weighted by molar-refractivity contribution is 5.71. The van der Waals surface area contributed by atoms with E-state index in [9.17, 15) is 9.59 Å². The first kappa shape index (κ1) is 47.8. The van der Waals surface area contributed by atoms with E-state index in [4.69, 9.17) is 9.47 Å². The van der Waals surface area contributed by atoms with Gasteiger partial charge in [0.05, 0.1) is 39.3 Å². The van der Waals surface area contributed by atoms with Crippen molar-refractivity contribution in [2.45, 2.75) is 181 Å². The number of carbonyl (C=O) groups excluding carboxylic acids is 2. The molecule has 0 aromatic heterocycles. The second-order valence-electron chi connectivity index (χ2n) is 15.3. The van der Waals surface area contributed by atoms with Crippen LogP contribution in [0.1, 0.15) is 181 Å². The molecule has 2 aliphatic rings. The molecule has 8 heteroatoms. The quantitative estimate of drug-likeness (QED) is 0.0654. The largest absolute Gasteiger partial charge is 1.00 e. The highest BCUT2D eigenvalue weighted by Crippen LogP contribution is 2.23. The van der Waals surface area contributed by atoms with E-state index in [0.717, 1.165) is 48.2 Å². The van der Waals surface area contributed by atoms with Crippen molar-refractivity contribution >= 4 is 11.9 Å². The molecule has 0 aliphatic carbocycles. The zero-order valence-electron chi connectivity index (χ0n) is 31.7. The van der Waals surface area contributed by atoms with Gasteiger partial charge in [0.15, 0.2) is 13.1 Å². The molecule has 48 heavy (non-hydrogen) atoms. The van der Waals surface area contributed by atoms with Gasteiger partial charge in [0.1, 0.15) is 13.2 Å². The molecule has 0 N–H and O–H groups in total. The van der Waals surface area contributed by atoms with Crippen LogP contribution in [0.15, 0.2) is 0 Å². The minimum Gasteiger partial charge on any atom is -1.00 e. The van der Waals surface area contributed by atoms with Crippen LogP contribution in [0.5, 0.6) is 0 Å². The van der Waals surface area contributed by atoms with Gasteiger partial charge in [-0.1, -0.05) is 117 Å². The topological polar surface area (TPSA) is 52.6 Å². The average molecular weight is 811 g/mol. The van der Waals surface area contributed by atoms with Gasteiger partial charge in [-0.3, -0.25) is 0 Å². The molecule has 2 fully saturated rings. The van der Waals surface area contributed by atoms with Crippen molar-refractivity contribution in [2.24, 2.45) is 0 Å². The number of quaternary nitrogens is 2. The van der Waals surface area contributed by atoms with E-state index in [1.165, 1.54) is 167 Å². The lowest BCUT2D eigenvalue weighted by atomic mass is 10.0. The molecule has 2 heterocycles. The normalized spacial score (nSPS) is 16.8. The number of halogens is 2. The molecule has 6 nitrogen and oxygen atoms in total. The Bertz CT molecular complexity index is 696. The van der Waals surface area contributed by atoms with Crippen LogP contribution in [-0.2, 0) is 19.1 Å². The molecule has 0 radical (unpaired) electrons. The Labute approximate surface area is 318 Å². The number of rotatable bonds is 29. The Hall–Kier alpha value is -0.180. The molecule has 0 spiro atoms. The van der Waals surface area contributed by atoms with Crippen molar-refractivity contribution in [3.05, 3.63) is 0 Å². The summed E-state index contributed by atoms with van der Waals surface area (Å²) in [7, 11) is 0. The molecular formula is C40H78Br2N2O4. The molecule has 2 rings (SSSR count). The number of hydrogen-bond donors (Lipinski definition) is 0. The number of ether oxygens (including phenoxy) is 2. The van der Waals surface area contributed by atoms with E-state index in [1.807, 2.05) is 0 Å². The molecule has 286 valence electrons. The lowest BCUT2D eigenvalue weighted by Crippen LogP contribution is -3.00. The van der Waals surface area contributed by atoms with E-state index in [-0.39, 0.29) is 59.1 Å². The number of nitrogens with zero attached hydrogens (tertiary/aromatic N) is 2. The summed E-state index contributed by atoms with van der Waals surface area (Å²) >= 11 is 0. The zero-order chi connectivity index (χ0) is 33.0. The Kier molecular flexibility index (Phi) is 31.4. The van der Waals surface area contributed by atoms with Crippen LogP contribution in [-0.4, -0.2) is 86.5 Å². The third kappa shape index (κ3) is 23.3.